The van der Waals surface area contributed by atoms with Crippen molar-refractivity contribution >= 4 is 39.7 Å². The summed E-state index contributed by atoms with van der Waals surface area (Å²) in [7, 11) is 0. The van der Waals surface area contributed by atoms with Crippen LogP contribution in [-0.4, -0.2) is 65.2 Å². The van der Waals surface area contributed by atoms with Crippen LogP contribution in [0, 0.1) is 6.92 Å². The molecule has 0 bridgehead atoms. The van der Waals surface area contributed by atoms with E-state index in [2.05, 4.69) is 27.9 Å². The van der Waals surface area contributed by atoms with Gasteiger partial charge >= 0.3 is 0 Å². The summed E-state index contributed by atoms with van der Waals surface area (Å²) in [6.07, 6.45) is 1.95. The van der Waals surface area contributed by atoms with Gasteiger partial charge in [0.25, 0.3) is 0 Å². The molecule has 0 radical (unpaired) electrons. The van der Waals surface area contributed by atoms with Gasteiger partial charge in [-0.25, -0.2) is 0 Å². The molecular weight excluding hydrogens is 346 g/mol. The molecule has 0 atom stereocenters. The van der Waals surface area contributed by atoms with Gasteiger partial charge in [-0.1, -0.05) is 23.5 Å². The molecule has 3 heterocycles. The first-order valence-corrected chi connectivity index (χ1v) is 11.0. The summed E-state index contributed by atoms with van der Waals surface area (Å²) in [6, 6.07) is 2.15. The zero-order valence-corrected chi connectivity index (χ0v) is 15.9. The number of rotatable bonds is 6. The lowest BCUT2D eigenvalue weighted by molar-refractivity contribution is 0.0410. The van der Waals surface area contributed by atoms with Gasteiger partial charge in [-0.15, -0.1) is 11.8 Å². The molecule has 2 aliphatic rings. The Labute approximate surface area is 151 Å². The Morgan fingerprint density at radius 2 is 2.17 bits per heavy atom. The fourth-order valence-electron chi connectivity index (χ4n) is 2.50. The van der Waals surface area contributed by atoms with Crippen LogP contribution >= 0.6 is 35.3 Å². The first-order chi connectivity index (χ1) is 11.3. The number of aliphatic imine (C=N–C) groups is 1. The summed E-state index contributed by atoms with van der Waals surface area (Å²) in [5.74, 6) is 3.18. The number of thioether (sulfide) groups is 3. The molecule has 126 valence electrons. The smallest absolute Gasteiger partial charge is 0.125 e. The van der Waals surface area contributed by atoms with Gasteiger partial charge in [-0.3, -0.25) is 14.9 Å². The molecule has 4 nitrogen and oxygen atoms in total. The number of morpholine rings is 1. The minimum atomic E-state index is 0.877. The maximum Gasteiger partial charge on any atom is 0.125 e. The van der Waals surface area contributed by atoms with Crippen LogP contribution in [0.25, 0.3) is 0 Å². The number of nitrogens with zero attached hydrogens (tertiary/aromatic N) is 3. The van der Waals surface area contributed by atoms with Gasteiger partial charge in [-0.2, -0.15) is 0 Å². The first kappa shape index (κ1) is 17.6. The molecule has 0 aliphatic carbocycles. The van der Waals surface area contributed by atoms with Gasteiger partial charge in [0.2, 0.25) is 0 Å². The van der Waals surface area contributed by atoms with Gasteiger partial charge < -0.3 is 4.74 Å². The van der Waals surface area contributed by atoms with Crippen LogP contribution in [0.3, 0.4) is 0 Å². The Morgan fingerprint density at radius 1 is 1.30 bits per heavy atom. The number of hydrogen-bond donors (Lipinski definition) is 0. The van der Waals surface area contributed by atoms with E-state index in [4.69, 9.17) is 4.74 Å². The lowest BCUT2D eigenvalue weighted by Crippen LogP contribution is -2.37. The molecule has 1 aromatic rings. The lowest BCUT2D eigenvalue weighted by Gasteiger charge is -2.26. The van der Waals surface area contributed by atoms with E-state index in [1.807, 2.05) is 41.5 Å². The van der Waals surface area contributed by atoms with Crippen molar-refractivity contribution in [1.29, 1.82) is 0 Å². The van der Waals surface area contributed by atoms with Crippen LogP contribution < -0.4 is 0 Å². The van der Waals surface area contributed by atoms with Crippen molar-refractivity contribution in [2.45, 2.75) is 17.6 Å². The average Bonchev–Trinajstić information content (AvgIpc) is 3.10. The van der Waals surface area contributed by atoms with E-state index in [0.29, 0.717) is 0 Å². The van der Waals surface area contributed by atoms with Crippen molar-refractivity contribution in [3.63, 3.8) is 0 Å². The van der Waals surface area contributed by atoms with E-state index in [-0.39, 0.29) is 0 Å². The van der Waals surface area contributed by atoms with Crippen molar-refractivity contribution in [2.24, 2.45) is 4.99 Å². The molecular formula is C16H23N3OS3. The first-order valence-electron chi connectivity index (χ1n) is 8.00. The van der Waals surface area contributed by atoms with E-state index < -0.39 is 0 Å². The number of hydrogen-bond acceptors (Lipinski definition) is 7. The highest BCUT2D eigenvalue weighted by atomic mass is 32.2. The monoisotopic (exact) mass is 369 g/mol. The summed E-state index contributed by atoms with van der Waals surface area (Å²) in [5, 5.41) is 0. The van der Waals surface area contributed by atoms with Crippen LogP contribution in [0.5, 0.6) is 0 Å². The normalized spacial score (nSPS) is 19.1. The molecule has 0 amide bonds. The quantitative estimate of drug-likeness (QED) is 0.717. The van der Waals surface area contributed by atoms with E-state index in [9.17, 15) is 0 Å². The maximum atomic E-state index is 5.40. The van der Waals surface area contributed by atoms with Crippen LogP contribution in [-0.2, 0) is 10.5 Å². The molecule has 7 heteroatoms. The van der Waals surface area contributed by atoms with Crippen molar-refractivity contribution in [3.05, 3.63) is 23.5 Å². The van der Waals surface area contributed by atoms with Crippen molar-refractivity contribution in [1.82, 2.24) is 9.88 Å². The second kappa shape index (κ2) is 9.32. The summed E-state index contributed by atoms with van der Waals surface area (Å²) in [4.78, 5) is 12.9. The minimum absolute atomic E-state index is 0.877. The predicted molar refractivity (Wildman–Crippen MR) is 103 cm³/mol. The molecule has 0 spiro atoms. The van der Waals surface area contributed by atoms with Gasteiger partial charge in [-0.05, 0) is 18.6 Å². The maximum absolute atomic E-state index is 5.40. The molecule has 0 unspecified atom stereocenters. The van der Waals surface area contributed by atoms with E-state index >= 15 is 0 Å². The van der Waals surface area contributed by atoms with Crippen molar-refractivity contribution < 1.29 is 4.74 Å². The summed E-state index contributed by atoms with van der Waals surface area (Å²) in [5.41, 5.74) is 2.53. The molecule has 2 aliphatic heterocycles. The molecule has 1 aromatic heterocycles. The van der Waals surface area contributed by atoms with Crippen LogP contribution in [0.2, 0.25) is 0 Å². The highest BCUT2D eigenvalue weighted by Crippen LogP contribution is 2.29. The number of ether oxygens (including phenoxy) is 1. The molecule has 0 aromatic carbocycles. The van der Waals surface area contributed by atoms with E-state index in [1.54, 1.807) is 0 Å². The van der Waals surface area contributed by atoms with E-state index in [0.717, 1.165) is 56.7 Å². The zero-order chi connectivity index (χ0) is 15.9. The van der Waals surface area contributed by atoms with Crippen LogP contribution in [0.1, 0.15) is 11.3 Å². The molecule has 23 heavy (non-hydrogen) atoms. The Balaban J connectivity index is 1.49. The Kier molecular flexibility index (Phi) is 7.13. The summed E-state index contributed by atoms with van der Waals surface area (Å²) in [6.45, 7) is 8.19. The van der Waals surface area contributed by atoms with Crippen LogP contribution in [0.4, 0.5) is 0 Å². The topological polar surface area (TPSA) is 37.7 Å². The summed E-state index contributed by atoms with van der Waals surface area (Å²) < 4.78 is 6.62. The molecule has 1 saturated heterocycles. The van der Waals surface area contributed by atoms with Crippen LogP contribution in [0.15, 0.2) is 22.2 Å². The SMILES string of the molecule is Cc1c(SCCN2CCOCC2)ccnc1CSC1=NCCS1. The highest BCUT2D eigenvalue weighted by Gasteiger charge is 2.13. The second-order valence-electron chi connectivity index (χ2n) is 5.47. The Hall–Kier alpha value is -0.210. The largest absolute Gasteiger partial charge is 0.379 e. The Morgan fingerprint density at radius 3 is 2.96 bits per heavy atom. The third-order valence-corrected chi connectivity index (χ3v) is 7.32. The standard InChI is InChI=1S/C16H23N3OS3/c1-13-14(12-23-16-18-4-10-22-16)17-3-2-15(13)21-11-7-19-5-8-20-9-6-19/h2-3H,4-12H2,1H3. The molecule has 0 N–H and O–H groups in total. The summed E-state index contributed by atoms with van der Waals surface area (Å²) >= 11 is 5.64. The zero-order valence-electron chi connectivity index (χ0n) is 13.5. The van der Waals surface area contributed by atoms with E-state index in [1.165, 1.54) is 20.5 Å². The third-order valence-electron chi connectivity index (χ3n) is 3.92. The van der Waals surface area contributed by atoms with Crippen molar-refractivity contribution in [3.8, 4) is 0 Å². The van der Waals surface area contributed by atoms with Gasteiger partial charge in [0.1, 0.15) is 4.38 Å². The minimum Gasteiger partial charge on any atom is -0.379 e. The highest BCUT2D eigenvalue weighted by molar-refractivity contribution is 8.38. The lowest BCUT2D eigenvalue weighted by atomic mass is 10.2. The predicted octanol–water partition coefficient (Wildman–Crippen LogP) is 3.15. The second-order valence-corrected chi connectivity index (χ2v) is 8.91. The fourth-order valence-corrected chi connectivity index (χ4v) is 5.60. The molecule has 1 fully saturated rings. The third kappa shape index (κ3) is 5.39. The number of pyridine rings is 1. The van der Waals surface area contributed by atoms with Crippen molar-refractivity contribution in [2.75, 3.05) is 50.9 Å². The average molecular weight is 370 g/mol. The van der Waals surface area contributed by atoms with Gasteiger partial charge in [0, 0.05) is 48.0 Å². The van der Waals surface area contributed by atoms with Gasteiger partial charge in [0.05, 0.1) is 25.5 Å². The number of aromatic nitrogens is 1. The Bertz CT molecular complexity index is 547. The van der Waals surface area contributed by atoms with Gasteiger partial charge in [0.15, 0.2) is 0 Å². The fraction of sp³-hybridized carbons (Fsp3) is 0.625. The molecule has 3 rings (SSSR count). The molecule has 0 saturated carbocycles.